The molecule has 0 spiro atoms. The van der Waals surface area contributed by atoms with Crippen molar-refractivity contribution >= 4 is 11.3 Å². The lowest BCUT2D eigenvalue weighted by Gasteiger charge is -2.08. The van der Waals surface area contributed by atoms with Crippen LogP contribution in [0.5, 0.6) is 0 Å². The second-order valence-corrected chi connectivity index (χ2v) is 3.96. The van der Waals surface area contributed by atoms with Crippen molar-refractivity contribution in [2.24, 2.45) is 0 Å². The first kappa shape index (κ1) is 10.2. The molecule has 0 aliphatic rings. The van der Waals surface area contributed by atoms with Crippen LogP contribution in [-0.4, -0.2) is 6.04 Å². The van der Waals surface area contributed by atoms with Crippen molar-refractivity contribution in [1.29, 1.82) is 5.26 Å². The number of hydrogen-bond donors (Lipinski definition) is 1. The molecule has 1 rings (SSSR count). The van der Waals surface area contributed by atoms with E-state index in [1.165, 1.54) is 4.88 Å². The Morgan fingerprint density at radius 2 is 2.54 bits per heavy atom. The van der Waals surface area contributed by atoms with Crippen molar-refractivity contribution in [3.05, 3.63) is 22.4 Å². The van der Waals surface area contributed by atoms with Crippen molar-refractivity contribution < 1.29 is 0 Å². The second kappa shape index (κ2) is 5.74. The normalized spacial score (nSPS) is 12.3. The predicted octanol–water partition coefficient (Wildman–Crippen LogP) is 2.53. The monoisotopic (exact) mass is 194 g/mol. The molecule has 1 aromatic heterocycles. The molecule has 0 fully saturated rings. The zero-order chi connectivity index (χ0) is 9.52. The van der Waals surface area contributed by atoms with E-state index in [4.69, 9.17) is 5.26 Å². The van der Waals surface area contributed by atoms with Gasteiger partial charge >= 0.3 is 0 Å². The maximum atomic E-state index is 8.78. The number of hydrogen-bond acceptors (Lipinski definition) is 3. The van der Waals surface area contributed by atoms with Gasteiger partial charge < -0.3 is 0 Å². The van der Waals surface area contributed by atoms with Gasteiger partial charge in [0.1, 0.15) is 0 Å². The molecule has 1 N–H and O–H groups in total. The summed E-state index contributed by atoms with van der Waals surface area (Å²) in [6.07, 6.45) is 1.98. The Balaban J connectivity index is 2.29. The van der Waals surface area contributed by atoms with Crippen LogP contribution < -0.4 is 5.32 Å². The Labute approximate surface area is 83.2 Å². The van der Waals surface area contributed by atoms with Gasteiger partial charge in [-0.05, 0) is 17.9 Å². The largest absolute Gasteiger partial charge is 0.297 e. The Bertz CT molecular complexity index is 261. The Kier molecular flexibility index (Phi) is 4.52. The van der Waals surface area contributed by atoms with Crippen molar-refractivity contribution in [3.63, 3.8) is 0 Å². The van der Waals surface area contributed by atoms with Crippen LogP contribution in [-0.2, 0) is 6.54 Å². The molecule has 1 unspecified atom stereocenters. The predicted molar refractivity (Wildman–Crippen MR) is 55.5 cm³/mol. The van der Waals surface area contributed by atoms with Crippen LogP contribution in [0.1, 0.15) is 24.6 Å². The van der Waals surface area contributed by atoms with Crippen LogP contribution in [0, 0.1) is 11.3 Å². The molecule has 0 radical (unpaired) electrons. The Morgan fingerprint density at radius 1 is 1.69 bits per heavy atom. The fourth-order valence-corrected chi connectivity index (χ4v) is 1.79. The zero-order valence-corrected chi connectivity index (χ0v) is 8.60. The topological polar surface area (TPSA) is 35.8 Å². The van der Waals surface area contributed by atoms with E-state index in [1.54, 1.807) is 11.3 Å². The first-order valence-corrected chi connectivity index (χ1v) is 5.40. The molecule has 0 aliphatic heterocycles. The molecule has 0 aliphatic carbocycles. The van der Waals surface area contributed by atoms with E-state index in [2.05, 4.69) is 29.8 Å². The van der Waals surface area contributed by atoms with E-state index < -0.39 is 0 Å². The smallest absolute Gasteiger partial charge is 0.0955 e. The van der Waals surface area contributed by atoms with Crippen molar-refractivity contribution in [2.45, 2.75) is 32.4 Å². The summed E-state index contributed by atoms with van der Waals surface area (Å²) < 4.78 is 0. The molecule has 0 saturated carbocycles. The molecule has 0 saturated heterocycles. The molecule has 1 atom stereocenters. The third kappa shape index (κ3) is 3.58. The highest BCUT2D eigenvalue weighted by Crippen LogP contribution is 2.08. The first-order chi connectivity index (χ1) is 6.36. The van der Waals surface area contributed by atoms with Gasteiger partial charge in [-0.3, -0.25) is 5.32 Å². The van der Waals surface area contributed by atoms with E-state index in [-0.39, 0.29) is 6.04 Å². The summed E-state index contributed by atoms with van der Waals surface area (Å²) in [7, 11) is 0. The van der Waals surface area contributed by atoms with Gasteiger partial charge in [0.2, 0.25) is 0 Å². The van der Waals surface area contributed by atoms with Crippen LogP contribution in [0.3, 0.4) is 0 Å². The minimum atomic E-state index is 0.00657. The van der Waals surface area contributed by atoms with E-state index in [9.17, 15) is 0 Å². The number of rotatable bonds is 5. The van der Waals surface area contributed by atoms with Crippen LogP contribution in [0.2, 0.25) is 0 Å². The summed E-state index contributed by atoms with van der Waals surface area (Å²) >= 11 is 1.72. The molecule has 0 aromatic carbocycles. The zero-order valence-electron chi connectivity index (χ0n) is 7.79. The molecular weight excluding hydrogens is 180 g/mol. The summed E-state index contributed by atoms with van der Waals surface area (Å²) in [5.41, 5.74) is 0. The summed E-state index contributed by atoms with van der Waals surface area (Å²) in [4.78, 5) is 1.29. The average molecular weight is 194 g/mol. The van der Waals surface area contributed by atoms with E-state index in [0.29, 0.717) is 0 Å². The van der Waals surface area contributed by atoms with Gasteiger partial charge in [0.25, 0.3) is 0 Å². The highest BCUT2D eigenvalue weighted by Gasteiger charge is 2.04. The minimum Gasteiger partial charge on any atom is -0.297 e. The fraction of sp³-hybridized carbons (Fsp3) is 0.500. The summed E-state index contributed by atoms with van der Waals surface area (Å²) in [6.45, 7) is 2.91. The molecule has 1 aromatic rings. The van der Waals surface area contributed by atoms with Crippen LogP contribution in [0.25, 0.3) is 0 Å². The minimum absolute atomic E-state index is 0.00657. The average Bonchev–Trinajstić information content (AvgIpc) is 2.64. The van der Waals surface area contributed by atoms with Crippen molar-refractivity contribution in [1.82, 2.24) is 5.32 Å². The maximum Gasteiger partial charge on any atom is 0.0955 e. The summed E-state index contributed by atoms with van der Waals surface area (Å²) in [6, 6.07) is 6.38. The molecule has 2 nitrogen and oxygen atoms in total. The highest BCUT2D eigenvalue weighted by atomic mass is 32.1. The van der Waals surface area contributed by atoms with Gasteiger partial charge in [0.15, 0.2) is 0 Å². The van der Waals surface area contributed by atoms with Gasteiger partial charge in [-0.15, -0.1) is 11.3 Å². The lowest BCUT2D eigenvalue weighted by Crippen LogP contribution is -2.26. The highest BCUT2D eigenvalue weighted by molar-refractivity contribution is 7.09. The number of nitriles is 1. The lowest BCUT2D eigenvalue weighted by atomic mass is 10.2. The third-order valence-corrected chi connectivity index (χ3v) is 2.71. The third-order valence-electron chi connectivity index (χ3n) is 1.84. The second-order valence-electron chi connectivity index (χ2n) is 2.93. The Morgan fingerprint density at radius 3 is 3.08 bits per heavy atom. The van der Waals surface area contributed by atoms with Gasteiger partial charge in [0.05, 0.1) is 12.1 Å². The first-order valence-electron chi connectivity index (χ1n) is 4.52. The number of nitrogens with zero attached hydrogens (tertiary/aromatic N) is 1. The Hall–Kier alpha value is -0.850. The van der Waals surface area contributed by atoms with Crippen molar-refractivity contribution in [2.75, 3.05) is 0 Å². The van der Waals surface area contributed by atoms with Gasteiger partial charge in [-0.2, -0.15) is 5.26 Å². The number of nitrogens with one attached hydrogen (secondary N) is 1. The fourth-order valence-electron chi connectivity index (χ4n) is 1.14. The standard InChI is InChI=1S/C10H14N2S/c1-2-4-9(7-11)12-8-10-5-3-6-13-10/h3,5-6,9,12H,2,4,8H2,1H3. The van der Waals surface area contributed by atoms with Crippen LogP contribution >= 0.6 is 11.3 Å². The molecular formula is C10H14N2S. The molecule has 0 amide bonds. The molecule has 1 heterocycles. The van der Waals surface area contributed by atoms with E-state index in [0.717, 1.165) is 19.4 Å². The summed E-state index contributed by atoms with van der Waals surface area (Å²) in [5, 5.41) is 14.1. The van der Waals surface area contributed by atoms with Crippen LogP contribution in [0.4, 0.5) is 0 Å². The quantitative estimate of drug-likeness (QED) is 0.782. The van der Waals surface area contributed by atoms with E-state index >= 15 is 0 Å². The SMILES string of the molecule is CCCC(C#N)NCc1cccs1. The van der Waals surface area contributed by atoms with Crippen LogP contribution in [0.15, 0.2) is 17.5 Å². The molecule has 13 heavy (non-hydrogen) atoms. The van der Waals surface area contributed by atoms with Gasteiger partial charge in [-0.25, -0.2) is 0 Å². The number of thiophene rings is 1. The summed E-state index contributed by atoms with van der Waals surface area (Å²) in [5.74, 6) is 0. The maximum absolute atomic E-state index is 8.78. The molecule has 3 heteroatoms. The van der Waals surface area contributed by atoms with Gasteiger partial charge in [-0.1, -0.05) is 19.4 Å². The lowest BCUT2D eigenvalue weighted by molar-refractivity contribution is 0.561. The molecule has 0 bridgehead atoms. The van der Waals surface area contributed by atoms with E-state index in [1.807, 2.05) is 6.07 Å². The molecule has 70 valence electrons. The van der Waals surface area contributed by atoms with Gasteiger partial charge in [0, 0.05) is 11.4 Å². The van der Waals surface area contributed by atoms with Crippen molar-refractivity contribution in [3.8, 4) is 6.07 Å².